The van der Waals surface area contributed by atoms with Crippen molar-refractivity contribution in [1.29, 1.82) is 0 Å². The van der Waals surface area contributed by atoms with E-state index in [1.165, 1.54) is 30.5 Å². The highest BCUT2D eigenvalue weighted by Gasteiger charge is 2.73. The number of aromatic nitrogens is 1. The summed E-state index contributed by atoms with van der Waals surface area (Å²) in [6.45, 7) is 0. The second-order valence-electron chi connectivity index (χ2n) is 8.25. The largest absolute Gasteiger partial charge is 0.435 e. The summed E-state index contributed by atoms with van der Waals surface area (Å²) < 4.78 is 134. The number of carbonyl (C=O) groups is 2. The molecule has 0 unspecified atom stereocenters. The van der Waals surface area contributed by atoms with Gasteiger partial charge in [-0.25, -0.2) is 9.37 Å². The molecule has 17 heteroatoms. The molecule has 0 aliphatic carbocycles. The van der Waals surface area contributed by atoms with Crippen LogP contribution in [0.15, 0.2) is 54.7 Å². The van der Waals surface area contributed by atoms with E-state index in [0.29, 0.717) is 5.56 Å². The molecule has 0 spiro atoms. The topological polar surface area (TPSA) is 71.1 Å². The maximum atomic E-state index is 14.5. The van der Waals surface area contributed by atoms with Gasteiger partial charge in [-0.2, -0.15) is 39.5 Å². The molecular weight excluding hydrogens is 715 g/mol. The lowest BCUT2D eigenvalue weighted by Gasteiger charge is -2.31. The van der Waals surface area contributed by atoms with Crippen LogP contribution in [0.1, 0.15) is 27.0 Å². The Morgan fingerprint density at radius 1 is 0.854 bits per heavy atom. The van der Waals surface area contributed by atoms with Crippen LogP contribution in [0.5, 0.6) is 0 Å². The summed E-state index contributed by atoms with van der Waals surface area (Å²) in [6.07, 6.45) is -17.8. The highest BCUT2D eigenvalue weighted by atomic mass is 127. The standard InChI is InChI=1S/C24H13ClF10IN3O2/c25-19-11(4-2-6-37-19)8-17(40)38-14-5-1-3-12(7-14)20(41)39-18-15(22(27,28)29)9-13(10-16(18)36)21(26,23(30,31)32)24(33,34)35/h1-7,9-10H,8H2,(H,38,40)(H,39,41). The predicted molar refractivity (Wildman–Crippen MR) is 135 cm³/mol. The Kier molecular flexibility index (Phi) is 9.17. The van der Waals surface area contributed by atoms with E-state index in [9.17, 15) is 53.5 Å². The van der Waals surface area contributed by atoms with Crippen molar-refractivity contribution < 1.29 is 53.5 Å². The van der Waals surface area contributed by atoms with Gasteiger partial charge < -0.3 is 10.6 Å². The van der Waals surface area contributed by atoms with E-state index in [1.54, 1.807) is 5.32 Å². The Balaban J connectivity index is 1.94. The Labute approximate surface area is 242 Å². The van der Waals surface area contributed by atoms with E-state index in [4.69, 9.17) is 11.6 Å². The average Bonchev–Trinajstić information content (AvgIpc) is 2.84. The lowest BCUT2D eigenvalue weighted by molar-refractivity contribution is -0.348. The molecule has 2 N–H and O–H groups in total. The number of rotatable bonds is 6. The second kappa shape index (κ2) is 11.6. The molecule has 0 aliphatic rings. The van der Waals surface area contributed by atoms with Gasteiger partial charge in [0.2, 0.25) is 5.91 Å². The maximum Gasteiger partial charge on any atom is 0.435 e. The molecule has 3 rings (SSSR count). The number of benzene rings is 2. The van der Waals surface area contributed by atoms with Crippen molar-refractivity contribution in [1.82, 2.24) is 4.98 Å². The van der Waals surface area contributed by atoms with E-state index in [-0.39, 0.29) is 28.9 Å². The molecule has 220 valence electrons. The lowest BCUT2D eigenvalue weighted by Crippen LogP contribution is -2.50. The van der Waals surface area contributed by atoms with Crippen LogP contribution in [-0.2, 0) is 23.1 Å². The van der Waals surface area contributed by atoms with E-state index >= 15 is 0 Å². The van der Waals surface area contributed by atoms with Crippen molar-refractivity contribution in [2.45, 2.75) is 30.6 Å². The fourth-order valence-corrected chi connectivity index (χ4v) is 4.44. The third kappa shape index (κ3) is 7.02. The third-order valence-electron chi connectivity index (χ3n) is 5.41. The molecule has 0 aliphatic heterocycles. The van der Waals surface area contributed by atoms with Gasteiger partial charge in [0.15, 0.2) is 0 Å². The summed E-state index contributed by atoms with van der Waals surface area (Å²) in [5, 5.41) is 4.29. The summed E-state index contributed by atoms with van der Waals surface area (Å²) in [5.74, 6) is -1.88. The number of pyridine rings is 1. The first kappa shape index (κ1) is 32.4. The van der Waals surface area contributed by atoms with Crippen LogP contribution in [0, 0.1) is 3.57 Å². The number of nitrogens with zero attached hydrogens (tertiary/aromatic N) is 1. The second-order valence-corrected chi connectivity index (χ2v) is 9.77. The van der Waals surface area contributed by atoms with Crippen LogP contribution in [-0.4, -0.2) is 29.2 Å². The normalized spacial score (nSPS) is 12.7. The summed E-state index contributed by atoms with van der Waals surface area (Å²) >= 11 is 6.84. The summed E-state index contributed by atoms with van der Waals surface area (Å²) in [6, 6.07) is 7.04. The van der Waals surface area contributed by atoms with Crippen molar-refractivity contribution >= 4 is 57.4 Å². The molecule has 0 atom stereocenters. The number of hydrogen-bond donors (Lipinski definition) is 2. The Bertz CT molecular complexity index is 1460. The van der Waals surface area contributed by atoms with Gasteiger partial charge >= 0.3 is 24.2 Å². The quantitative estimate of drug-likeness (QED) is 0.153. The van der Waals surface area contributed by atoms with E-state index < -0.39 is 62.5 Å². The Morgan fingerprint density at radius 2 is 1.49 bits per heavy atom. The summed E-state index contributed by atoms with van der Waals surface area (Å²) in [4.78, 5) is 28.9. The maximum absolute atomic E-state index is 14.5. The monoisotopic (exact) mass is 727 g/mol. The van der Waals surface area contributed by atoms with Crippen LogP contribution in [0.3, 0.4) is 0 Å². The molecular formula is C24H13ClF10IN3O2. The molecule has 3 aromatic rings. The Morgan fingerprint density at radius 3 is 2.05 bits per heavy atom. The fourth-order valence-electron chi connectivity index (χ4n) is 3.50. The van der Waals surface area contributed by atoms with Gasteiger partial charge in [0.05, 0.1) is 17.7 Å². The van der Waals surface area contributed by atoms with Gasteiger partial charge in [-0.05, 0) is 64.6 Å². The smallest absolute Gasteiger partial charge is 0.326 e. The van der Waals surface area contributed by atoms with E-state index in [0.717, 1.165) is 34.7 Å². The summed E-state index contributed by atoms with van der Waals surface area (Å²) in [5.41, 5.74) is -11.8. The zero-order chi connectivity index (χ0) is 31.0. The van der Waals surface area contributed by atoms with Gasteiger partial charge in [-0.3, -0.25) is 9.59 Å². The van der Waals surface area contributed by atoms with Gasteiger partial charge in [0.25, 0.3) is 5.91 Å². The van der Waals surface area contributed by atoms with Crippen LogP contribution >= 0.6 is 34.2 Å². The van der Waals surface area contributed by atoms with Crippen LogP contribution < -0.4 is 10.6 Å². The molecule has 41 heavy (non-hydrogen) atoms. The zero-order valence-corrected chi connectivity index (χ0v) is 22.6. The molecule has 0 bridgehead atoms. The molecule has 2 amide bonds. The SMILES string of the molecule is O=C(Cc1cccnc1Cl)Nc1cccc(C(=O)Nc2c(I)cc(C(F)(C(F)(F)F)C(F)(F)F)cc2C(F)(F)F)c1. The van der Waals surface area contributed by atoms with Crippen molar-refractivity contribution in [3.63, 3.8) is 0 Å². The molecule has 5 nitrogen and oxygen atoms in total. The number of halogens is 12. The minimum atomic E-state index is -6.66. The molecule has 1 heterocycles. The number of carbonyl (C=O) groups excluding carboxylic acids is 2. The minimum Gasteiger partial charge on any atom is -0.326 e. The number of amides is 2. The average molecular weight is 728 g/mol. The van der Waals surface area contributed by atoms with Gasteiger partial charge in [-0.15, -0.1) is 0 Å². The first-order valence-corrected chi connectivity index (χ1v) is 12.3. The molecule has 1 aromatic heterocycles. The zero-order valence-electron chi connectivity index (χ0n) is 19.7. The molecule has 0 saturated carbocycles. The van der Waals surface area contributed by atoms with E-state index in [2.05, 4.69) is 10.3 Å². The number of hydrogen-bond acceptors (Lipinski definition) is 3. The highest BCUT2D eigenvalue weighted by molar-refractivity contribution is 14.1. The molecule has 0 fully saturated rings. The number of nitrogens with one attached hydrogen (secondary N) is 2. The third-order valence-corrected chi connectivity index (χ3v) is 6.60. The summed E-state index contributed by atoms with van der Waals surface area (Å²) in [7, 11) is 0. The first-order valence-electron chi connectivity index (χ1n) is 10.8. The molecule has 2 aromatic carbocycles. The number of anilines is 2. The number of alkyl halides is 10. The molecule has 0 radical (unpaired) electrons. The van der Waals surface area contributed by atoms with Crippen molar-refractivity contribution in [2.24, 2.45) is 0 Å². The van der Waals surface area contributed by atoms with Crippen molar-refractivity contribution in [2.75, 3.05) is 10.6 Å². The van der Waals surface area contributed by atoms with Crippen LogP contribution in [0.4, 0.5) is 55.3 Å². The fraction of sp³-hybridized carbons (Fsp3) is 0.208. The van der Waals surface area contributed by atoms with E-state index in [1.807, 2.05) is 0 Å². The predicted octanol–water partition coefficient (Wildman–Crippen LogP) is 8.08. The van der Waals surface area contributed by atoms with Gasteiger partial charge in [0.1, 0.15) is 5.15 Å². The Hall–Kier alpha value is -3.15. The first-order chi connectivity index (χ1) is 18.8. The van der Waals surface area contributed by atoms with Gasteiger partial charge in [-0.1, -0.05) is 23.7 Å². The van der Waals surface area contributed by atoms with Crippen LogP contribution in [0.2, 0.25) is 5.15 Å². The molecule has 0 saturated heterocycles. The van der Waals surface area contributed by atoms with Crippen LogP contribution in [0.25, 0.3) is 0 Å². The van der Waals surface area contributed by atoms with Crippen molar-refractivity contribution in [3.8, 4) is 0 Å². The van der Waals surface area contributed by atoms with Crippen molar-refractivity contribution in [3.05, 3.63) is 85.7 Å². The highest BCUT2D eigenvalue weighted by Crippen LogP contribution is 2.54. The minimum absolute atomic E-state index is 0.0151. The lowest BCUT2D eigenvalue weighted by atomic mass is 9.92. The van der Waals surface area contributed by atoms with Gasteiger partial charge in [0, 0.05) is 26.6 Å².